The number of nitrogens with zero attached hydrogens (tertiary/aromatic N) is 3. The minimum Gasteiger partial charge on any atom is -0.493 e. The number of amides is 2. The highest BCUT2D eigenvalue weighted by Crippen LogP contribution is 2.42. The third-order valence-corrected chi connectivity index (χ3v) is 5.90. The summed E-state index contributed by atoms with van der Waals surface area (Å²) in [6.07, 6.45) is 6.72. The Bertz CT molecular complexity index is 1300. The lowest BCUT2D eigenvalue weighted by Crippen LogP contribution is -2.39. The number of carbonyl (C=O) groups excluding carboxylic acids is 2. The van der Waals surface area contributed by atoms with Crippen LogP contribution in [0, 0.1) is 0 Å². The first-order valence-electron chi connectivity index (χ1n) is 10.6. The van der Waals surface area contributed by atoms with Gasteiger partial charge < -0.3 is 20.1 Å². The van der Waals surface area contributed by atoms with Gasteiger partial charge in [0.2, 0.25) is 0 Å². The predicted octanol–water partition coefficient (Wildman–Crippen LogP) is 4.14. The summed E-state index contributed by atoms with van der Waals surface area (Å²) in [6.45, 7) is 0.538. The molecule has 3 N–H and O–H groups in total. The van der Waals surface area contributed by atoms with Gasteiger partial charge in [0.1, 0.15) is 12.3 Å². The van der Waals surface area contributed by atoms with E-state index in [4.69, 9.17) is 26.2 Å². The van der Waals surface area contributed by atoms with Crippen LogP contribution in [-0.4, -0.2) is 47.0 Å². The number of hydrogen-bond donors (Lipinski definition) is 3. The number of ether oxygens (including phenoxy) is 2. The molecule has 5 rings (SSSR count). The summed E-state index contributed by atoms with van der Waals surface area (Å²) in [4.78, 5) is 29.5. The number of anilines is 3. The fourth-order valence-electron chi connectivity index (χ4n) is 4.03. The van der Waals surface area contributed by atoms with Crippen LogP contribution in [0.2, 0.25) is 5.02 Å². The number of halogens is 1. The Morgan fingerprint density at radius 2 is 2.15 bits per heavy atom. The highest BCUT2D eigenvalue weighted by molar-refractivity contribution is 6.32. The number of cyclic esters (lactones) is 1. The lowest BCUT2D eigenvalue weighted by molar-refractivity contribution is 0.0910. The first kappa shape index (κ1) is 21.8. The fourth-order valence-corrected chi connectivity index (χ4v) is 4.28. The lowest BCUT2D eigenvalue weighted by Gasteiger charge is -2.24. The molecule has 1 atom stereocenters. The highest BCUT2D eigenvalue weighted by Gasteiger charge is 2.33. The van der Waals surface area contributed by atoms with Crippen LogP contribution in [0.4, 0.5) is 21.9 Å². The molecule has 2 aliphatic heterocycles. The zero-order valence-electron chi connectivity index (χ0n) is 18.2. The van der Waals surface area contributed by atoms with Crippen LogP contribution in [0.1, 0.15) is 23.0 Å². The molecule has 11 heteroatoms. The molecule has 174 valence electrons. The summed E-state index contributed by atoms with van der Waals surface area (Å²) in [5, 5.41) is 14.2. The van der Waals surface area contributed by atoms with Gasteiger partial charge in [0, 0.05) is 18.3 Å². The third-order valence-electron chi connectivity index (χ3n) is 5.60. The fraction of sp³-hybridized carbons (Fsp3) is 0.217. The lowest BCUT2D eigenvalue weighted by atomic mass is 10.1. The van der Waals surface area contributed by atoms with E-state index < -0.39 is 6.09 Å². The summed E-state index contributed by atoms with van der Waals surface area (Å²) in [6, 6.07) is 6.87. The second-order valence-electron chi connectivity index (χ2n) is 7.68. The van der Waals surface area contributed by atoms with Crippen molar-refractivity contribution in [1.82, 2.24) is 20.1 Å². The normalized spacial score (nSPS) is 18.1. The second-order valence-corrected chi connectivity index (χ2v) is 8.09. The number of hydrogen-bond acceptors (Lipinski definition) is 7. The molecule has 0 saturated heterocycles. The first-order chi connectivity index (χ1) is 16.6. The van der Waals surface area contributed by atoms with Crippen molar-refractivity contribution in [1.29, 1.82) is 0 Å². The van der Waals surface area contributed by atoms with Gasteiger partial charge in [-0.05, 0) is 24.6 Å². The predicted molar refractivity (Wildman–Crippen MR) is 127 cm³/mol. The van der Waals surface area contributed by atoms with Crippen molar-refractivity contribution in [3.05, 3.63) is 59.5 Å². The maximum atomic E-state index is 13.1. The van der Waals surface area contributed by atoms with Crippen molar-refractivity contribution >= 4 is 40.7 Å². The Morgan fingerprint density at radius 3 is 3.00 bits per heavy atom. The summed E-state index contributed by atoms with van der Waals surface area (Å²) < 4.78 is 12.4. The number of fused-ring (bicyclic) bond motifs is 3. The van der Waals surface area contributed by atoms with Crippen molar-refractivity contribution in [3.8, 4) is 17.0 Å². The van der Waals surface area contributed by atoms with Crippen molar-refractivity contribution in [2.75, 3.05) is 30.9 Å². The number of methoxy groups -OCH3 is 1. The van der Waals surface area contributed by atoms with E-state index in [0.29, 0.717) is 57.8 Å². The monoisotopic (exact) mass is 480 g/mol. The average Bonchev–Trinajstić information content (AvgIpc) is 3.20. The first-order valence-corrected chi connectivity index (χ1v) is 11.0. The topological polar surface area (TPSA) is 119 Å². The van der Waals surface area contributed by atoms with E-state index in [1.807, 2.05) is 6.08 Å². The number of rotatable bonds is 3. The summed E-state index contributed by atoms with van der Waals surface area (Å²) in [5.74, 6) is 0.161. The van der Waals surface area contributed by atoms with E-state index in [1.165, 1.54) is 13.3 Å². The van der Waals surface area contributed by atoms with Gasteiger partial charge in [-0.3, -0.25) is 19.8 Å². The molecule has 0 spiro atoms. The van der Waals surface area contributed by atoms with Gasteiger partial charge in [0.15, 0.2) is 11.4 Å². The van der Waals surface area contributed by atoms with Crippen LogP contribution in [0.5, 0.6) is 5.75 Å². The number of allylic oxidation sites excluding steroid dienone is 1. The maximum absolute atomic E-state index is 13.1. The summed E-state index contributed by atoms with van der Waals surface area (Å²) in [7, 11) is 1.52. The van der Waals surface area contributed by atoms with Crippen molar-refractivity contribution in [3.63, 3.8) is 0 Å². The average molecular weight is 481 g/mol. The Labute approximate surface area is 199 Å². The Kier molecular flexibility index (Phi) is 5.81. The molecule has 2 amide bonds. The third kappa shape index (κ3) is 3.92. The Hall–Kier alpha value is -4.05. The smallest absolute Gasteiger partial charge is 0.412 e. The molecular formula is C23H21ClN6O4. The SMILES string of the molecule is COc1c(Cl)cccc1Nc1c2nn3c1C(=O)NCC3C/C=C\COC(=O)Nc1cnccc1-2. The quantitative estimate of drug-likeness (QED) is 0.482. The van der Waals surface area contributed by atoms with Crippen LogP contribution < -0.4 is 20.7 Å². The molecule has 0 radical (unpaired) electrons. The molecule has 2 aliphatic rings. The molecule has 2 aromatic heterocycles. The summed E-state index contributed by atoms with van der Waals surface area (Å²) >= 11 is 6.33. The van der Waals surface area contributed by atoms with Gasteiger partial charge in [-0.2, -0.15) is 5.10 Å². The second kappa shape index (κ2) is 9.06. The highest BCUT2D eigenvalue weighted by atomic mass is 35.5. The van der Waals surface area contributed by atoms with Crippen molar-refractivity contribution in [2.45, 2.75) is 12.5 Å². The molecule has 0 fully saturated rings. The molecule has 34 heavy (non-hydrogen) atoms. The van der Waals surface area contributed by atoms with E-state index in [0.717, 1.165) is 0 Å². The number of carbonyl (C=O) groups is 2. The Balaban J connectivity index is 1.74. The van der Waals surface area contributed by atoms with Crippen LogP contribution in [0.25, 0.3) is 11.3 Å². The van der Waals surface area contributed by atoms with Gasteiger partial charge in [-0.25, -0.2) is 4.79 Å². The van der Waals surface area contributed by atoms with E-state index in [2.05, 4.69) is 20.9 Å². The molecule has 1 unspecified atom stereocenters. The molecule has 10 nitrogen and oxygen atoms in total. The van der Waals surface area contributed by atoms with Crippen LogP contribution in [0.15, 0.2) is 48.8 Å². The molecule has 2 bridgehead atoms. The number of benzene rings is 1. The number of aromatic nitrogens is 3. The van der Waals surface area contributed by atoms with Crippen molar-refractivity contribution < 1.29 is 19.1 Å². The molecule has 0 aliphatic carbocycles. The minimum absolute atomic E-state index is 0.123. The van der Waals surface area contributed by atoms with Gasteiger partial charge >= 0.3 is 6.09 Å². The minimum atomic E-state index is -0.620. The molecule has 0 saturated carbocycles. The number of nitrogens with one attached hydrogen (secondary N) is 3. The molecule has 1 aromatic carbocycles. The standard InChI is InChI=1S/C23H21ClN6O4/c1-33-21-15(24)6-4-7-16(21)27-19-18-14-8-9-25-12-17(14)28-23(32)34-10-3-2-5-13-11-26-22(31)20(19)30(13)29-18/h2-4,6-9,12-13,27H,5,10-11H2,1H3,(H,26,31)(H,28,32)/b3-2-. The molecule has 3 aromatic rings. The largest absolute Gasteiger partial charge is 0.493 e. The Morgan fingerprint density at radius 1 is 1.26 bits per heavy atom. The van der Waals surface area contributed by atoms with Crippen LogP contribution >= 0.6 is 11.6 Å². The number of pyridine rings is 1. The maximum Gasteiger partial charge on any atom is 0.412 e. The van der Waals surface area contributed by atoms with Crippen molar-refractivity contribution in [2.24, 2.45) is 0 Å². The molecule has 4 heterocycles. The summed E-state index contributed by atoms with van der Waals surface area (Å²) in [5.41, 5.74) is 2.79. The van der Waals surface area contributed by atoms with Gasteiger partial charge in [-0.15, -0.1) is 0 Å². The van der Waals surface area contributed by atoms with Gasteiger partial charge in [-0.1, -0.05) is 29.8 Å². The zero-order chi connectivity index (χ0) is 23.7. The van der Waals surface area contributed by atoms with Gasteiger partial charge in [0.05, 0.1) is 41.4 Å². The number of para-hydroxylation sites is 1. The van der Waals surface area contributed by atoms with E-state index >= 15 is 0 Å². The zero-order valence-corrected chi connectivity index (χ0v) is 18.9. The van der Waals surface area contributed by atoms with E-state index in [1.54, 1.807) is 41.2 Å². The molecular weight excluding hydrogens is 460 g/mol. The van der Waals surface area contributed by atoms with E-state index in [9.17, 15) is 9.59 Å². The van der Waals surface area contributed by atoms with Gasteiger partial charge in [0.25, 0.3) is 5.91 Å². The van der Waals surface area contributed by atoms with E-state index in [-0.39, 0.29) is 18.6 Å². The van der Waals surface area contributed by atoms with Crippen LogP contribution in [-0.2, 0) is 4.74 Å². The van der Waals surface area contributed by atoms with Crippen LogP contribution in [0.3, 0.4) is 0 Å².